The lowest BCUT2D eigenvalue weighted by Crippen LogP contribution is -2.57. The zero-order chi connectivity index (χ0) is 34.9. The fourth-order valence-electron chi connectivity index (χ4n) is 5.52. The third-order valence-electron chi connectivity index (χ3n) is 8.06. The number of aromatic nitrogens is 1. The van der Waals surface area contributed by atoms with Crippen molar-refractivity contribution < 1.29 is 29.0 Å². The Morgan fingerprint density at radius 1 is 1.02 bits per heavy atom. The predicted molar refractivity (Wildman–Crippen MR) is 184 cm³/mol. The second-order valence-electron chi connectivity index (χ2n) is 14.5. The number of aliphatic hydroxyl groups excluding tert-OH is 1. The molecule has 1 saturated heterocycles. The lowest BCUT2D eigenvalue weighted by Gasteiger charge is -2.35. The summed E-state index contributed by atoms with van der Waals surface area (Å²) in [6.07, 6.45) is 2.13. The summed E-state index contributed by atoms with van der Waals surface area (Å²) < 4.78 is 5.22. The number of rotatable bonds is 13. The molecule has 1 unspecified atom stereocenters. The van der Waals surface area contributed by atoms with Gasteiger partial charge in [-0.15, -0.1) is 11.3 Å². The van der Waals surface area contributed by atoms with Crippen LogP contribution in [0.1, 0.15) is 104 Å². The molecular weight excluding hydrogens is 618 g/mol. The van der Waals surface area contributed by atoms with Gasteiger partial charge in [0, 0.05) is 25.9 Å². The van der Waals surface area contributed by atoms with Gasteiger partial charge in [-0.2, -0.15) is 0 Å². The standard InChI is InChI=1S/C35H53N5O6S/c1-22(24-14-16-25(17-15-24)29-23(2)37-21-47-29)38-31(43)27-19-26(41)20-40(27)32(44)30(34(3,4)5)39-28(42)13-11-9-10-12-18-36-33(45)46-35(6,7)8/h14-17,21-22,26-27,30,41H,9-13,18-20H2,1-8H3,(H,36,45)(H,38,43)(H,39,42)/t22-,26+,27-,30?/m0/s1. The zero-order valence-corrected chi connectivity index (χ0v) is 30.0. The maximum absolute atomic E-state index is 13.9. The lowest BCUT2D eigenvalue weighted by molar-refractivity contribution is -0.144. The van der Waals surface area contributed by atoms with Crippen LogP contribution in [0, 0.1) is 12.3 Å². The maximum Gasteiger partial charge on any atom is 0.407 e. The number of ether oxygens (including phenoxy) is 1. The van der Waals surface area contributed by atoms with E-state index in [-0.39, 0.29) is 43.1 Å². The molecule has 0 radical (unpaired) electrons. The van der Waals surface area contributed by atoms with Crippen LogP contribution in [0.25, 0.3) is 10.4 Å². The molecule has 4 amide bonds. The van der Waals surface area contributed by atoms with Crippen LogP contribution in [0.4, 0.5) is 4.79 Å². The first-order valence-corrected chi connectivity index (χ1v) is 17.4. The molecule has 4 N–H and O–H groups in total. The summed E-state index contributed by atoms with van der Waals surface area (Å²) in [6.45, 7) is 15.4. The number of nitrogens with zero attached hydrogens (tertiary/aromatic N) is 2. The summed E-state index contributed by atoms with van der Waals surface area (Å²) in [5, 5.41) is 19.2. The monoisotopic (exact) mass is 671 g/mol. The van der Waals surface area contributed by atoms with E-state index in [0.29, 0.717) is 13.0 Å². The van der Waals surface area contributed by atoms with Crippen LogP contribution in [0.2, 0.25) is 0 Å². The number of unbranched alkanes of at least 4 members (excludes halogenated alkanes) is 3. The number of likely N-dealkylation sites (tertiary alicyclic amines) is 1. The smallest absolute Gasteiger partial charge is 0.407 e. The summed E-state index contributed by atoms with van der Waals surface area (Å²) >= 11 is 1.58. The molecule has 0 aliphatic carbocycles. The number of β-amino-alcohol motifs (C(OH)–C–C–N with tert-alkyl or cyclic N) is 1. The van der Waals surface area contributed by atoms with Gasteiger partial charge in [0.2, 0.25) is 17.7 Å². The van der Waals surface area contributed by atoms with E-state index in [1.165, 1.54) is 4.90 Å². The lowest BCUT2D eigenvalue weighted by atomic mass is 9.85. The molecular formula is C35H53N5O6S. The first-order chi connectivity index (χ1) is 22.0. The number of aliphatic hydroxyl groups is 1. The highest BCUT2D eigenvalue weighted by Crippen LogP contribution is 2.29. The van der Waals surface area contributed by atoms with Gasteiger partial charge in [-0.1, -0.05) is 57.9 Å². The third kappa shape index (κ3) is 11.6. The van der Waals surface area contributed by atoms with Gasteiger partial charge in [-0.25, -0.2) is 9.78 Å². The van der Waals surface area contributed by atoms with E-state index < -0.39 is 35.3 Å². The maximum atomic E-state index is 13.9. The van der Waals surface area contributed by atoms with Crippen molar-refractivity contribution in [3.63, 3.8) is 0 Å². The number of benzene rings is 1. The minimum atomic E-state index is -0.867. The molecule has 0 spiro atoms. The van der Waals surface area contributed by atoms with Crippen molar-refractivity contribution in [2.45, 2.75) is 124 Å². The Morgan fingerprint density at radius 3 is 2.28 bits per heavy atom. The number of carbonyl (C=O) groups is 4. The quantitative estimate of drug-likeness (QED) is 0.212. The minimum absolute atomic E-state index is 0.0218. The Morgan fingerprint density at radius 2 is 1.68 bits per heavy atom. The molecule has 1 aliphatic heterocycles. The van der Waals surface area contributed by atoms with Crippen molar-refractivity contribution >= 4 is 35.2 Å². The number of carbonyl (C=O) groups excluding carboxylic acids is 4. The van der Waals surface area contributed by atoms with Gasteiger partial charge in [-0.3, -0.25) is 14.4 Å². The van der Waals surface area contributed by atoms with E-state index in [9.17, 15) is 24.3 Å². The minimum Gasteiger partial charge on any atom is -0.444 e. The first-order valence-electron chi connectivity index (χ1n) is 16.5. The third-order valence-corrected chi connectivity index (χ3v) is 9.04. The molecule has 2 heterocycles. The number of thiazole rings is 1. The second kappa shape index (κ2) is 16.5. The van der Waals surface area contributed by atoms with E-state index in [0.717, 1.165) is 41.0 Å². The Bertz CT molecular complexity index is 1360. The Kier molecular flexibility index (Phi) is 13.4. The molecule has 1 aliphatic rings. The number of hydrogen-bond donors (Lipinski definition) is 4. The fraction of sp³-hybridized carbons (Fsp3) is 0.629. The molecule has 1 aromatic carbocycles. The van der Waals surface area contributed by atoms with Gasteiger partial charge >= 0.3 is 6.09 Å². The highest BCUT2D eigenvalue weighted by atomic mass is 32.1. The van der Waals surface area contributed by atoms with E-state index in [1.807, 2.05) is 85.2 Å². The topological polar surface area (TPSA) is 150 Å². The van der Waals surface area contributed by atoms with Gasteiger partial charge in [-0.05, 0) is 64.0 Å². The molecule has 47 heavy (non-hydrogen) atoms. The molecule has 1 aromatic heterocycles. The highest BCUT2D eigenvalue weighted by molar-refractivity contribution is 7.13. The molecule has 11 nitrogen and oxygen atoms in total. The van der Waals surface area contributed by atoms with Crippen LogP contribution in [-0.4, -0.2) is 75.7 Å². The van der Waals surface area contributed by atoms with Crippen molar-refractivity contribution in [3.05, 3.63) is 41.0 Å². The number of nitrogens with one attached hydrogen (secondary N) is 3. The first kappa shape index (κ1) is 37.9. The van der Waals surface area contributed by atoms with Crippen molar-refractivity contribution in [3.8, 4) is 10.4 Å². The van der Waals surface area contributed by atoms with Gasteiger partial charge in [0.05, 0.1) is 28.2 Å². The number of amides is 4. The van der Waals surface area contributed by atoms with Crippen molar-refractivity contribution in [2.75, 3.05) is 13.1 Å². The van der Waals surface area contributed by atoms with Gasteiger partial charge < -0.3 is 30.7 Å². The summed E-state index contributed by atoms with van der Waals surface area (Å²) in [4.78, 5) is 58.9. The van der Waals surface area contributed by atoms with Crippen LogP contribution in [0.3, 0.4) is 0 Å². The molecule has 3 rings (SSSR count). The van der Waals surface area contributed by atoms with Gasteiger partial charge in [0.1, 0.15) is 17.7 Å². The Balaban J connectivity index is 1.52. The van der Waals surface area contributed by atoms with Crippen LogP contribution >= 0.6 is 11.3 Å². The largest absolute Gasteiger partial charge is 0.444 e. The van der Waals surface area contributed by atoms with Crippen LogP contribution in [0.5, 0.6) is 0 Å². The molecule has 1 fully saturated rings. The predicted octanol–water partition coefficient (Wildman–Crippen LogP) is 5.26. The van der Waals surface area contributed by atoms with Crippen molar-refractivity contribution in [2.24, 2.45) is 5.41 Å². The number of alkyl carbamates (subject to hydrolysis) is 1. The second-order valence-corrected chi connectivity index (χ2v) is 15.3. The van der Waals surface area contributed by atoms with Gasteiger partial charge in [0.25, 0.3) is 0 Å². The fourth-order valence-corrected chi connectivity index (χ4v) is 6.33. The van der Waals surface area contributed by atoms with Crippen LogP contribution in [0.15, 0.2) is 29.8 Å². The summed E-state index contributed by atoms with van der Waals surface area (Å²) in [5.41, 5.74) is 3.60. The van der Waals surface area contributed by atoms with Crippen molar-refractivity contribution in [1.29, 1.82) is 0 Å². The zero-order valence-electron chi connectivity index (χ0n) is 29.1. The van der Waals surface area contributed by atoms with Crippen LogP contribution in [-0.2, 0) is 19.1 Å². The summed E-state index contributed by atoms with van der Waals surface area (Å²) in [5.74, 6) is -0.964. The average molecular weight is 672 g/mol. The van der Waals surface area contributed by atoms with Crippen LogP contribution < -0.4 is 16.0 Å². The van der Waals surface area contributed by atoms with Gasteiger partial charge in [0.15, 0.2) is 0 Å². The van der Waals surface area contributed by atoms with E-state index in [2.05, 4.69) is 20.9 Å². The number of aryl methyl sites for hydroxylation is 1. The average Bonchev–Trinajstić information content (AvgIpc) is 3.58. The molecule has 2 aromatic rings. The Labute approximate surface area is 283 Å². The summed E-state index contributed by atoms with van der Waals surface area (Å²) in [7, 11) is 0. The Hall–Kier alpha value is -3.51. The van der Waals surface area contributed by atoms with E-state index >= 15 is 0 Å². The number of hydrogen-bond acceptors (Lipinski definition) is 8. The molecule has 0 bridgehead atoms. The molecule has 12 heteroatoms. The highest BCUT2D eigenvalue weighted by Gasteiger charge is 2.44. The van der Waals surface area contributed by atoms with E-state index in [4.69, 9.17) is 4.74 Å². The molecule has 4 atom stereocenters. The normalized spacial score (nSPS) is 17.9. The SMILES string of the molecule is Cc1ncsc1-c1ccc([C@H](C)NC(=O)[C@@H]2C[C@@H](O)CN2C(=O)C(NC(=O)CCCCCCNC(=O)OC(C)(C)C)C(C)(C)C)cc1. The summed E-state index contributed by atoms with van der Waals surface area (Å²) in [6, 6.07) is 5.92. The van der Waals surface area contributed by atoms with Crippen molar-refractivity contribution in [1.82, 2.24) is 25.8 Å². The molecule has 260 valence electrons. The molecule has 0 saturated carbocycles. The van der Waals surface area contributed by atoms with E-state index in [1.54, 1.807) is 11.3 Å².